The van der Waals surface area contributed by atoms with Crippen LogP contribution in [0, 0.1) is 0 Å². The van der Waals surface area contributed by atoms with Crippen LogP contribution in [0.3, 0.4) is 0 Å². The third-order valence-electron chi connectivity index (χ3n) is 2.47. The summed E-state index contributed by atoms with van der Waals surface area (Å²) in [6.45, 7) is 0.726. The summed E-state index contributed by atoms with van der Waals surface area (Å²) in [5.41, 5.74) is 0.0500. The highest BCUT2D eigenvalue weighted by Gasteiger charge is 2.49. The summed E-state index contributed by atoms with van der Waals surface area (Å²) in [5, 5.41) is 0. The van der Waals surface area contributed by atoms with Crippen molar-refractivity contribution >= 4 is 0 Å². The summed E-state index contributed by atoms with van der Waals surface area (Å²) in [5.74, 6) is 1.79. The molecule has 1 saturated carbocycles. The lowest BCUT2D eigenvalue weighted by molar-refractivity contribution is 0.0718. The van der Waals surface area contributed by atoms with E-state index >= 15 is 0 Å². The summed E-state index contributed by atoms with van der Waals surface area (Å²) in [4.78, 5) is 0. The SMILES string of the molecule is c1ccc2c(c1)OCC1(CC1)O2. The molecule has 1 aliphatic carbocycles. The van der Waals surface area contributed by atoms with E-state index in [0.29, 0.717) is 0 Å². The van der Waals surface area contributed by atoms with Gasteiger partial charge in [-0.05, 0) is 25.0 Å². The molecule has 0 aromatic heterocycles. The third kappa shape index (κ3) is 0.809. The standard InChI is InChI=1S/C10H10O2/c1-2-4-9-8(3-1)11-7-10(12-9)5-6-10/h1-4H,5-7H2. The monoisotopic (exact) mass is 162 g/mol. The summed E-state index contributed by atoms with van der Waals surface area (Å²) >= 11 is 0. The Morgan fingerprint density at radius 2 is 1.83 bits per heavy atom. The van der Waals surface area contributed by atoms with Crippen molar-refractivity contribution in [2.45, 2.75) is 18.4 Å². The summed E-state index contributed by atoms with van der Waals surface area (Å²) < 4.78 is 11.4. The average Bonchev–Trinajstić information content (AvgIpc) is 2.85. The van der Waals surface area contributed by atoms with Gasteiger partial charge >= 0.3 is 0 Å². The second-order valence-corrected chi connectivity index (χ2v) is 3.52. The molecular weight excluding hydrogens is 152 g/mol. The van der Waals surface area contributed by atoms with Gasteiger partial charge in [0.15, 0.2) is 11.5 Å². The fraction of sp³-hybridized carbons (Fsp3) is 0.400. The van der Waals surface area contributed by atoms with Crippen molar-refractivity contribution < 1.29 is 9.47 Å². The van der Waals surface area contributed by atoms with Crippen molar-refractivity contribution in [3.63, 3.8) is 0 Å². The number of hydrogen-bond acceptors (Lipinski definition) is 2. The fourth-order valence-corrected chi connectivity index (χ4v) is 1.51. The van der Waals surface area contributed by atoms with Crippen molar-refractivity contribution in [3.8, 4) is 11.5 Å². The molecule has 1 heterocycles. The topological polar surface area (TPSA) is 18.5 Å². The van der Waals surface area contributed by atoms with Crippen molar-refractivity contribution in [2.75, 3.05) is 6.61 Å². The number of benzene rings is 1. The molecule has 0 bridgehead atoms. The minimum Gasteiger partial charge on any atom is -0.486 e. The maximum atomic E-state index is 5.81. The van der Waals surface area contributed by atoms with Gasteiger partial charge in [-0.3, -0.25) is 0 Å². The Morgan fingerprint density at radius 1 is 1.08 bits per heavy atom. The quantitative estimate of drug-likeness (QED) is 0.580. The van der Waals surface area contributed by atoms with Gasteiger partial charge in [-0.15, -0.1) is 0 Å². The summed E-state index contributed by atoms with van der Waals surface area (Å²) in [6.07, 6.45) is 2.28. The minimum atomic E-state index is 0.0500. The number of rotatable bonds is 0. The van der Waals surface area contributed by atoms with Crippen LogP contribution in [0.25, 0.3) is 0 Å². The third-order valence-corrected chi connectivity index (χ3v) is 2.47. The van der Waals surface area contributed by atoms with E-state index in [0.717, 1.165) is 30.9 Å². The molecule has 1 spiro atoms. The lowest BCUT2D eigenvalue weighted by Crippen LogP contribution is -2.30. The molecule has 3 rings (SSSR count). The number of fused-ring (bicyclic) bond motifs is 1. The average molecular weight is 162 g/mol. The zero-order chi connectivity index (χ0) is 8.02. The normalized spacial score (nSPS) is 22.3. The molecular formula is C10H10O2. The van der Waals surface area contributed by atoms with E-state index < -0.39 is 0 Å². The predicted molar refractivity (Wildman–Crippen MR) is 44.5 cm³/mol. The first kappa shape index (κ1) is 6.35. The van der Waals surface area contributed by atoms with E-state index in [1.807, 2.05) is 24.3 Å². The van der Waals surface area contributed by atoms with Gasteiger partial charge in [-0.25, -0.2) is 0 Å². The smallest absolute Gasteiger partial charge is 0.162 e. The Morgan fingerprint density at radius 3 is 2.58 bits per heavy atom. The van der Waals surface area contributed by atoms with Gasteiger partial charge in [0.25, 0.3) is 0 Å². The molecule has 0 amide bonds. The second-order valence-electron chi connectivity index (χ2n) is 3.52. The van der Waals surface area contributed by atoms with Gasteiger partial charge < -0.3 is 9.47 Å². The lowest BCUT2D eigenvalue weighted by atomic mass is 10.2. The van der Waals surface area contributed by atoms with Gasteiger partial charge in [0, 0.05) is 0 Å². The van der Waals surface area contributed by atoms with Gasteiger partial charge in [0.05, 0.1) is 0 Å². The summed E-state index contributed by atoms with van der Waals surface area (Å²) in [7, 11) is 0. The van der Waals surface area contributed by atoms with E-state index in [9.17, 15) is 0 Å². The lowest BCUT2D eigenvalue weighted by Gasteiger charge is -2.25. The Kier molecular flexibility index (Phi) is 1.03. The first-order chi connectivity index (χ1) is 5.88. The highest BCUT2D eigenvalue weighted by molar-refractivity contribution is 5.42. The zero-order valence-corrected chi connectivity index (χ0v) is 6.75. The van der Waals surface area contributed by atoms with Crippen LogP contribution in [0.15, 0.2) is 24.3 Å². The maximum absolute atomic E-state index is 5.81. The molecule has 2 heteroatoms. The van der Waals surface area contributed by atoms with Gasteiger partial charge in [0.2, 0.25) is 0 Å². The van der Waals surface area contributed by atoms with E-state index in [-0.39, 0.29) is 5.60 Å². The molecule has 1 aliphatic heterocycles. The first-order valence-corrected chi connectivity index (χ1v) is 4.29. The minimum absolute atomic E-state index is 0.0500. The van der Waals surface area contributed by atoms with Crippen LogP contribution in [-0.2, 0) is 0 Å². The molecule has 12 heavy (non-hydrogen) atoms. The molecule has 2 aliphatic rings. The second kappa shape index (κ2) is 1.94. The Labute approximate surface area is 71.1 Å². The van der Waals surface area contributed by atoms with E-state index in [4.69, 9.17) is 9.47 Å². The molecule has 2 nitrogen and oxygen atoms in total. The number of para-hydroxylation sites is 2. The molecule has 0 N–H and O–H groups in total. The summed E-state index contributed by atoms with van der Waals surface area (Å²) in [6, 6.07) is 7.86. The molecule has 0 unspecified atom stereocenters. The van der Waals surface area contributed by atoms with Gasteiger partial charge in [-0.2, -0.15) is 0 Å². The fourth-order valence-electron chi connectivity index (χ4n) is 1.51. The van der Waals surface area contributed by atoms with E-state index in [1.54, 1.807) is 0 Å². The Hall–Kier alpha value is -1.18. The molecule has 0 radical (unpaired) electrons. The predicted octanol–water partition coefficient (Wildman–Crippen LogP) is 1.99. The number of ether oxygens (including phenoxy) is 2. The van der Waals surface area contributed by atoms with Crippen LogP contribution in [0.5, 0.6) is 11.5 Å². The Balaban J connectivity index is 2.01. The van der Waals surface area contributed by atoms with Crippen LogP contribution < -0.4 is 9.47 Å². The molecule has 0 atom stereocenters. The number of hydrogen-bond donors (Lipinski definition) is 0. The zero-order valence-electron chi connectivity index (χ0n) is 6.75. The van der Waals surface area contributed by atoms with Crippen LogP contribution in [-0.4, -0.2) is 12.2 Å². The van der Waals surface area contributed by atoms with E-state index in [1.165, 1.54) is 0 Å². The molecule has 1 fully saturated rings. The Bertz CT molecular complexity index is 315. The molecule has 62 valence electrons. The van der Waals surface area contributed by atoms with Crippen molar-refractivity contribution in [2.24, 2.45) is 0 Å². The largest absolute Gasteiger partial charge is 0.486 e. The van der Waals surface area contributed by atoms with Crippen LogP contribution in [0.2, 0.25) is 0 Å². The molecule has 1 aromatic rings. The van der Waals surface area contributed by atoms with Crippen molar-refractivity contribution in [3.05, 3.63) is 24.3 Å². The van der Waals surface area contributed by atoms with Crippen molar-refractivity contribution in [1.82, 2.24) is 0 Å². The first-order valence-electron chi connectivity index (χ1n) is 4.29. The highest BCUT2D eigenvalue weighted by Crippen LogP contribution is 2.46. The maximum Gasteiger partial charge on any atom is 0.162 e. The molecule has 1 aromatic carbocycles. The van der Waals surface area contributed by atoms with Crippen molar-refractivity contribution in [1.29, 1.82) is 0 Å². The van der Waals surface area contributed by atoms with Crippen LogP contribution >= 0.6 is 0 Å². The van der Waals surface area contributed by atoms with Crippen LogP contribution in [0.4, 0.5) is 0 Å². The van der Waals surface area contributed by atoms with Crippen LogP contribution in [0.1, 0.15) is 12.8 Å². The van der Waals surface area contributed by atoms with E-state index in [2.05, 4.69) is 0 Å². The van der Waals surface area contributed by atoms with Gasteiger partial charge in [-0.1, -0.05) is 12.1 Å². The highest BCUT2D eigenvalue weighted by atomic mass is 16.6. The van der Waals surface area contributed by atoms with Gasteiger partial charge in [0.1, 0.15) is 12.2 Å². The molecule has 0 saturated heterocycles.